The molecule has 2 aliphatic heterocycles. The Bertz CT molecular complexity index is 3290. The number of aliphatic hydroxyl groups is 8. The summed E-state index contributed by atoms with van der Waals surface area (Å²) in [5.74, 6) is -5.40. The number of aliphatic hydroxyl groups excluding tert-OH is 8. The van der Waals surface area contributed by atoms with Gasteiger partial charge in [0.05, 0.1) is 149 Å². The quantitative estimate of drug-likeness (QED) is 0.0115. The summed E-state index contributed by atoms with van der Waals surface area (Å²) in [6, 6.07) is 0. The van der Waals surface area contributed by atoms with Crippen LogP contribution in [0.3, 0.4) is 0 Å². The number of amides is 10. The standard InChI is InChI=1S/C29H48N4O11.C28H47N5O11.C12H22O7.C11H21NO7.2C7H16O4.CH4/c1-4-23(20-34)44-29(40-3)21-43-28(39)7-5-6-22(2)30-12-13-31-25(36)11-16-41-18-19-42-17-14-32-24(35)10-15-33-26(37)8-9-27(33)38;1-4-22(19-34)44-27(40-3)20-43-28(39)32-10-7-21(2)29-11-12-30-24(36)9-15-41-17-18-42-16-13-31-23(35)8-14-33-25(37)5-6-26(33)38;1-3-9(7-13)19-12(17-2)8-18-11(16)6-4-5-10(14)15;1-3-8(6-13)19-10(17-2)7-18-11(16)12-5-4-9(14)15;2*1-3-6(4-8)11-7(5-9)10-2;/h8-9,23,29-30,34H,2,4-7,10-21H2,1,3H3,(H,31,36)(H,32,35);5-6,22,27,29,34H,2,4,7-20H2,1,3H3,(H,30,36)(H,31,35)(H,32,39);9,12-13H,3-8H2,1-2H3,(H,14,15);8,10,13H,3-7H2,1-2H3,(H,12,16)(H,14,15);2*6-9H,3-5H2,1-2H3;1H4. The number of carbonyl (C=O) groups is 14. The van der Waals surface area contributed by atoms with Crippen LogP contribution in [0.5, 0.6) is 0 Å². The van der Waals surface area contributed by atoms with Crippen molar-refractivity contribution < 1.29 is 213 Å². The van der Waals surface area contributed by atoms with Crippen molar-refractivity contribution in [1.82, 2.24) is 52.3 Å². The van der Waals surface area contributed by atoms with Crippen LogP contribution in [0.25, 0.3) is 0 Å². The fourth-order valence-electron chi connectivity index (χ4n) is 10.8. The average molecular weight is 2160 g/mol. The Hall–Kier alpha value is -9.82. The number of alkyl carbamates (subject to hydrolysis) is 2. The molecule has 54 nitrogen and oxygen atoms in total. The number of hydrogen-bond donors (Lipinski definition) is 18. The lowest BCUT2D eigenvalue weighted by molar-refractivity contribution is -0.194. The zero-order valence-corrected chi connectivity index (χ0v) is 87.8. The van der Waals surface area contributed by atoms with Gasteiger partial charge in [0.1, 0.15) is 26.4 Å². The second kappa shape index (κ2) is 101. The van der Waals surface area contributed by atoms with Gasteiger partial charge in [0, 0.05) is 195 Å². The van der Waals surface area contributed by atoms with E-state index < -0.39 is 97.6 Å². The van der Waals surface area contributed by atoms with Crippen molar-refractivity contribution in [2.24, 2.45) is 0 Å². The molecule has 149 heavy (non-hydrogen) atoms. The summed E-state index contributed by atoms with van der Waals surface area (Å²) in [5.41, 5.74) is 1.43. The fraction of sp³-hybridized carbons (Fsp3) is 0.768. The van der Waals surface area contributed by atoms with Gasteiger partial charge in [-0.15, -0.1) is 0 Å². The SMILES string of the molecule is C.C=C(CCCC(=O)OCC(OC)OC(CC)CO)NCCNC(=O)CCOCCOCCNC(=O)CCN1C(=O)C=CC1=O.C=C(CCNC(=O)OCC(OC)OC(CC)CO)NCCNC(=O)CCOCCOCCNC(=O)CCN1C(=O)C=CC1=O.CCC(CO)OC(CO)OC.CCC(CO)OC(CO)OC.CCC(CO)OC(COC(=O)CCCC(=O)O)OC.CCC(CO)OC(COC(=O)NCCC(=O)O)OC. The zero-order valence-electron chi connectivity index (χ0n) is 87.8. The summed E-state index contributed by atoms with van der Waals surface area (Å²) in [6.45, 7) is 22.4. The summed E-state index contributed by atoms with van der Waals surface area (Å²) in [6.07, 6.45) is 3.12. The summed E-state index contributed by atoms with van der Waals surface area (Å²) >= 11 is 0. The molecule has 0 bridgehead atoms. The molecule has 0 fully saturated rings. The molecule has 54 heteroatoms. The van der Waals surface area contributed by atoms with Crippen molar-refractivity contribution in [1.29, 1.82) is 0 Å². The number of carboxylic acid groups (broad SMARTS) is 2. The Morgan fingerprint density at radius 3 is 0.826 bits per heavy atom. The van der Waals surface area contributed by atoms with Crippen molar-refractivity contribution in [2.75, 3.05) is 240 Å². The number of imide groups is 2. The van der Waals surface area contributed by atoms with Crippen LogP contribution in [0, 0.1) is 0 Å². The molecule has 0 aromatic carbocycles. The lowest BCUT2D eigenvalue weighted by Gasteiger charge is -2.21. The van der Waals surface area contributed by atoms with Gasteiger partial charge < -0.3 is 188 Å². The number of ether oxygens (including phenoxy) is 20. The van der Waals surface area contributed by atoms with Crippen molar-refractivity contribution >= 4 is 83.3 Å². The first kappa shape index (κ1) is 148. The average Bonchev–Trinajstić information content (AvgIpc) is 1.74. The van der Waals surface area contributed by atoms with Crippen LogP contribution >= 0.6 is 0 Å². The number of nitrogens with one attached hydrogen (secondary N) is 8. The van der Waals surface area contributed by atoms with Gasteiger partial charge >= 0.3 is 36.1 Å². The van der Waals surface area contributed by atoms with Gasteiger partial charge in [0.15, 0.2) is 37.7 Å². The topological polar surface area (TPSA) is 729 Å². The molecule has 0 saturated carbocycles. The molecule has 2 aliphatic rings. The van der Waals surface area contributed by atoms with Gasteiger partial charge in [0.2, 0.25) is 23.6 Å². The molecule has 0 spiro atoms. The van der Waals surface area contributed by atoms with Crippen LogP contribution in [-0.2, 0) is 152 Å². The molecule has 12 atom stereocenters. The largest absolute Gasteiger partial charge is 0.481 e. The van der Waals surface area contributed by atoms with Gasteiger partial charge in [-0.25, -0.2) is 9.59 Å². The minimum Gasteiger partial charge on any atom is -0.481 e. The van der Waals surface area contributed by atoms with E-state index >= 15 is 0 Å². The molecule has 0 aliphatic carbocycles. The molecule has 0 saturated heterocycles. The maximum Gasteiger partial charge on any atom is 0.407 e. The zero-order chi connectivity index (χ0) is 112. The Morgan fingerprint density at radius 1 is 0.289 bits per heavy atom. The molecule has 12 unspecified atom stereocenters. The molecule has 2 rings (SSSR count). The van der Waals surface area contributed by atoms with E-state index in [0.717, 1.165) is 15.5 Å². The number of hydrogen-bond acceptors (Lipinski definition) is 44. The lowest BCUT2D eigenvalue weighted by Crippen LogP contribution is -2.35. The lowest BCUT2D eigenvalue weighted by atomic mass is 10.2. The first-order chi connectivity index (χ1) is 71.0. The number of allylic oxidation sites excluding steroid dienone is 1. The maximum atomic E-state index is 12.0. The highest BCUT2D eigenvalue weighted by Crippen LogP contribution is 2.14. The van der Waals surface area contributed by atoms with Gasteiger partial charge in [0.25, 0.3) is 23.6 Å². The van der Waals surface area contributed by atoms with Crippen LogP contribution in [0.4, 0.5) is 9.59 Å². The van der Waals surface area contributed by atoms with E-state index in [-0.39, 0.29) is 264 Å². The molecule has 868 valence electrons. The van der Waals surface area contributed by atoms with Crippen LogP contribution in [0.1, 0.15) is 165 Å². The Morgan fingerprint density at radius 2 is 0.544 bits per heavy atom. The molecule has 0 radical (unpaired) electrons. The third-order valence-electron chi connectivity index (χ3n) is 19.7. The third-order valence-corrected chi connectivity index (χ3v) is 19.7. The Labute approximate surface area is 873 Å². The van der Waals surface area contributed by atoms with Gasteiger partial charge in [-0.1, -0.05) is 62.1 Å². The van der Waals surface area contributed by atoms with E-state index in [2.05, 4.69) is 55.7 Å². The Kier molecular flexibility index (Phi) is 100. The number of carbonyl (C=O) groups excluding carboxylic acids is 12. The van der Waals surface area contributed by atoms with E-state index in [9.17, 15) is 77.3 Å². The summed E-state index contributed by atoms with van der Waals surface area (Å²) in [4.78, 5) is 162. The van der Waals surface area contributed by atoms with E-state index in [1.54, 1.807) is 0 Å². The van der Waals surface area contributed by atoms with Gasteiger partial charge in [-0.05, 0) is 57.8 Å². The minimum atomic E-state index is -1.01. The first-order valence-corrected chi connectivity index (χ1v) is 48.8. The highest BCUT2D eigenvalue weighted by atomic mass is 16.7. The smallest absolute Gasteiger partial charge is 0.407 e. The fourth-order valence-corrected chi connectivity index (χ4v) is 10.8. The highest BCUT2D eigenvalue weighted by molar-refractivity contribution is 6.13. The van der Waals surface area contributed by atoms with Crippen LogP contribution in [0.15, 0.2) is 48.9 Å². The highest BCUT2D eigenvalue weighted by Gasteiger charge is 2.27. The number of aliphatic carboxylic acids is 2. The van der Waals surface area contributed by atoms with Gasteiger partial charge in [-0.3, -0.25) is 67.3 Å². The Balaban J connectivity index is -0.000000605. The summed E-state index contributed by atoms with van der Waals surface area (Å²) < 4.78 is 103. The third kappa shape index (κ3) is 86.4. The molecular formula is C95H174N10O44. The molecule has 0 aromatic heterocycles. The maximum absolute atomic E-state index is 12.0. The van der Waals surface area contributed by atoms with E-state index in [0.29, 0.717) is 123 Å². The molecular weight excluding hydrogens is 1990 g/mol. The van der Waals surface area contributed by atoms with Gasteiger partial charge in [-0.2, -0.15) is 0 Å². The predicted octanol–water partition coefficient (Wildman–Crippen LogP) is -0.924. The molecule has 0 aromatic rings. The van der Waals surface area contributed by atoms with Crippen molar-refractivity contribution in [3.8, 4) is 0 Å². The number of esters is 2. The number of methoxy groups -OCH3 is 6. The number of nitrogens with zero attached hydrogens (tertiary/aromatic N) is 2. The first-order valence-electron chi connectivity index (χ1n) is 48.8. The van der Waals surface area contributed by atoms with Crippen molar-refractivity contribution in [3.05, 3.63) is 48.9 Å². The normalized spacial score (nSPS) is 14.1. The van der Waals surface area contributed by atoms with Crippen LogP contribution in [0.2, 0.25) is 0 Å². The van der Waals surface area contributed by atoms with E-state index in [4.69, 9.17) is 136 Å². The number of rotatable bonds is 86. The second-order valence-corrected chi connectivity index (χ2v) is 31.1. The monoisotopic (exact) mass is 2160 g/mol. The predicted molar refractivity (Wildman–Crippen MR) is 532 cm³/mol. The van der Waals surface area contributed by atoms with E-state index in [1.165, 1.54) is 67.0 Å². The van der Waals surface area contributed by atoms with E-state index in [1.807, 2.05) is 41.5 Å². The molecule has 2 heterocycles. The van der Waals surface area contributed by atoms with Crippen molar-refractivity contribution in [3.63, 3.8) is 0 Å². The minimum absolute atomic E-state index is 0. The summed E-state index contributed by atoms with van der Waals surface area (Å²) in [7, 11) is 8.56. The number of carboxylic acids is 2. The van der Waals surface area contributed by atoms with Crippen molar-refractivity contribution in [2.45, 2.75) is 239 Å². The second-order valence-electron chi connectivity index (χ2n) is 31.1. The van der Waals surface area contributed by atoms with Crippen LogP contribution in [-0.4, -0.2) is 459 Å². The molecule has 10 amide bonds. The molecule has 18 N–H and O–H groups in total. The summed E-state index contributed by atoms with van der Waals surface area (Å²) in [5, 5.41) is 110. The van der Waals surface area contributed by atoms with Crippen LogP contribution < -0.4 is 42.5 Å².